The van der Waals surface area contributed by atoms with Crippen molar-refractivity contribution >= 4 is 27.6 Å². The Labute approximate surface area is 279 Å². The van der Waals surface area contributed by atoms with Crippen LogP contribution >= 0.6 is 0 Å². The lowest BCUT2D eigenvalue weighted by molar-refractivity contribution is 0.108. The molecule has 1 N–H and O–H groups in total. The summed E-state index contributed by atoms with van der Waals surface area (Å²) in [5.41, 5.74) is 5.54. The van der Waals surface area contributed by atoms with Crippen molar-refractivity contribution < 1.29 is 23.3 Å². The zero-order chi connectivity index (χ0) is 32.8. The van der Waals surface area contributed by atoms with E-state index in [9.17, 15) is 0 Å². The van der Waals surface area contributed by atoms with Crippen LogP contribution in [0.2, 0.25) is 0 Å². The van der Waals surface area contributed by atoms with Gasteiger partial charge in [-0.3, -0.25) is 10.00 Å². The van der Waals surface area contributed by atoms with Crippen LogP contribution in [0.4, 0.5) is 10.2 Å². The fourth-order valence-electron chi connectivity index (χ4n) is 8.52. The van der Waals surface area contributed by atoms with E-state index in [1.54, 1.807) is 20.4 Å². The molecule has 12 heteroatoms. The van der Waals surface area contributed by atoms with Crippen molar-refractivity contribution in [2.45, 2.75) is 63.3 Å². The molecule has 3 saturated heterocycles. The second kappa shape index (κ2) is 12.9. The molecule has 0 saturated carbocycles. The molecule has 4 aromatic rings. The van der Waals surface area contributed by atoms with E-state index >= 15 is 4.39 Å². The maximum atomic E-state index is 17.4. The van der Waals surface area contributed by atoms with Gasteiger partial charge in [0.1, 0.15) is 29.0 Å². The normalized spacial score (nSPS) is 24.0. The smallest absolute Gasteiger partial charge is 0.319 e. The van der Waals surface area contributed by atoms with Gasteiger partial charge in [0.2, 0.25) is 5.88 Å². The van der Waals surface area contributed by atoms with Crippen LogP contribution in [-0.4, -0.2) is 102 Å². The van der Waals surface area contributed by atoms with Crippen LogP contribution in [0.25, 0.3) is 33.1 Å². The van der Waals surface area contributed by atoms with Gasteiger partial charge in [-0.2, -0.15) is 15.1 Å². The number of benzene rings is 1. The third kappa shape index (κ3) is 5.38. The maximum Gasteiger partial charge on any atom is 0.319 e. The number of aromatic nitrogens is 5. The minimum atomic E-state index is -0.509. The molecule has 48 heavy (non-hydrogen) atoms. The number of nitrogens with one attached hydrogen (secondary N) is 1. The van der Waals surface area contributed by atoms with E-state index in [-0.39, 0.29) is 34.6 Å². The zero-order valence-corrected chi connectivity index (χ0v) is 28.1. The number of anilines is 1. The quantitative estimate of drug-likeness (QED) is 0.242. The lowest BCUT2D eigenvalue weighted by atomic mass is 9.79. The molecule has 2 unspecified atom stereocenters. The Morgan fingerprint density at radius 3 is 2.92 bits per heavy atom. The van der Waals surface area contributed by atoms with Gasteiger partial charge in [-0.15, -0.1) is 0 Å². The number of methoxy groups -OCH3 is 2. The average molecular weight is 658 g/mol. The monoisotopic (exact) mass is 657 g/mol. The number of pyridine rings is 1. The van der Waals surface area contributed by atoms with Gasteiger partial charge in [0.25, 0.3) is 0 Å². The van der Waals surface area contributed by atoms with Crippen LogP contribution in [0.3, 0.4) is 0 Å². The van der Waals surface area contributed by atoms with E-state index in [0.29, 0.717) is 50.7 Å². The first-order chi connectivity index (χ1) is 23.5. The van der Waals surface area contributed by atoms with Crippen molar-refractivity contribution in [1.82, 2.24) is 30.0 Å². The minimum Gasteiger partial charge on any atom is -0.480 e. The Kier molecular flexibility index (Phi) is 8.42. The number of ether oxygens (including phenoxy) is 4. The summed E-state index contributed by atoms with van der Waals surface area (Å²) in [6.07, 6.45) is 10.9. The number of hydrogen-bond donors (Lipinski definition) is 1. The molecule has 0 spiro atoms. The molecule has 0 radical (unpaired) electrons. The molecule has 8 rings (SSSR count). The van der Waals surface area contributed by atoms with Crippen LogP contribution in [0.5, 0.6) is 11.9 Å². The summed E-state index contributed by atoms with van der Waals surface area (Å²) in [4.78, 5) is 19.3. The molecule has 0 amide bonds. The first kappa shape index (κ1) is 31.4. The summed E-state index contributed by atoms with van der Waals surface area (Å²) in [6.45, 7) is 7.66. The molecule has 4 aliphatic rings. The highest BCUT2D eigenvalue weighted by Crippen LogP contribution is 2.46. The van der Waals surface area contributed by atoms with Gasteiger partial charge < -0.3 is 23.8 Å². The van der Waals surface area contributed by atoms with Gasteiger partial charge in [0.15, 0.2) is 5.82 Å². The van der Waals surface area contributed by atoms with Gasteiger partial charge in [0.05, 0.1) is 37.6 Å². The van der Waals surface area contributed by atoms with Crippen LogP contribution in [0.15, 0.2) is 23.9 Å². The molecular weight excluding hydrogens is 613 g/mol. The van der Waals surface area contributed by atoms with E-state index in [1.165, 1.54) is 11.1 Å². The predicted octanol–water partition coefficient (Wildman–Crippen LogP) is 5.57. The Morgan fingerprint density at radius 1 is 1.12 bits per heavy atom. The summed E-state index contributed by atoms with van der Waals surface area (Å²) >= 11 is 0. The molecule has 1 aromatic carbocycles. The van der Waals surface area contributed by atoms with Gasteiger partial charge in [0, 0.05) is 44.3 Å². The van der Waals surface area contributed by atoms with Crippen molar-refractivity contribution in [3.8, 4) is 23.1 Å². The summed E-state index contributed by atoms with van der Waals surface area (Å²) in [5, 5.41) is 8.74. The minimum absolute atomic E-state index is 0.139. The highest BCUT2D eigenvalue weighted by molar-refractivity contribution is 6.01. The third-order valence-electron chi connectivity index (χ3n) is 10.8. The molecule has 11 nitrogen and oxygen atoms in total. The predicted molar refractivity (Wildman–Crippen MR) is 182 cm³/mol. The van der Waals surface area contributed by atoms with Crippen molar-refractivity contribution in [3.05, 3.63) is 40.9 Å². The van der Waals surface area contributed by atoms with Crippen molar-refractivity contribution in [2.75, 3.05) is 71.7 Å². The summed E-state index contributed by atoms with van der Waals surface area (Å²) < 4.78 is 40.9. The number of fused-ring (bicyclic) bond motifs is 4. The Bertz CT molecular complexity index is 1870. The fourth-order valence-corrected chi connectivity index (χ4v) is 8.52. The summed E-state index contributed by atoms with van der Waals surface area (Å²) in [5.74, 6) is 0.575. The van der Waals surface area contributed by atoms with Crippen molar-refractivity contribution in [3.63, 3.8) is 0 Å². The van der Waals surface area contributed by atoms with Gasteiger partial charge in [-0.05, 0) is 74.6 Å². The molecular formula is C36H44FN7O4. The van der Waals surface area contributed by atoms with Crippen LogP contribution in [0.1, 0.15) is 62.5 Å². The van der Waals surface area contributed by atoms with Crippen molar-refractivity contribution in [2.24, 2.45) is 0 Å². The van der Waals surface area contributed by atoms with E-state index in [2.05, 4.69) is 39.1 Å². The Morgan fingerprint density at radius 2 is 2.04 bits per heavy atom. The van der Waals surface area contributed by atoms with Crippen LogP contribution in [-0.2, 0) is 15.9 Å². The average Bonchev–Trinajstić information content (AvgIpc) is 3.74. The number of rotatable bonds is 8. The number of aryl methyl sites for hydroxylation is 1. The molecule has 1 aliphatic carbocycles. The molecule has 6 heterocycles. The van der Waals surface area contributed by atoms with Gasteiger partial charge in [-0.25, -0.2) is 9.37 Å². The highest BCUT2D eigenvalue weighted by atomic mass is 19.1. The molecule has 3 aliphatic heterocycles. The number of halogens is 1. The molecule has 254 valence electrons. The van der Waals surface area contributed by atoms with Gasteiger partial charge in [-0.1, -0.05) is 18.6 Å². The lowest BCUT2D eigenvalue weighted by Crippen LogP contribution is -2.43. The van der Waals surface area contributed by atoms with E-state index in [1.807, 2.05) is 0 Å². The summed E-state index contributed by atoms with van der Waals surface area (Å²) in [7, 11) is 3.29. The Hall–Kier alpha value is -3.87. The van der Waals surface area contributed by atoms with E-state index in [0.717, 1.165) is 80.1 Å². The largest absolute Gasteiger partial charge is 0.480 e. The SMILES string of the molecule is COC/C=C1\CN2CCCC2(COc2nc(N3CCCOCC3)c3c(OC)nc(-c4c5c(cc6[nH]ncc46)CCCC5C)c(F)c3n2)C1. The standard InChI is InChI=1S/C36H44FN7O4/c1-22-7-4-8-24-17-26-25(19-38-42-26)28(27(22)24)31-30(37)32-29(34(39-31)46-3)33(43-11-6-14-47-16-13-43)41-35(40-32)48-21-36-10-5-12-44(36)20-23(18-36)9-15-45-2/h9,17,19,22H,4-8,10-16,18,20-21H2,1-3H3,(H,38,42)/b23-9-. The first-order valence-electron chi connectivity index (χ1n) is 17.3. The second-order valence-corrected chi connectivity index (χ2v) is 13.8. The topological polar surface area (TPSA) is 111 Å². The van der Waals surface area contributed by atoms with Crippen LogP contribution in [0, 0.1) is 5.82 Å². The fraction of sp³-hybridized carbons (Fsp3) is 0.556. The molecule has 3 aromatic heterocycles. The molecule has 2 atom stereocenters. The number of H-pyrrole nitrogens is 1. The number of hydrogen-bond acceptors (Lipinski definition) is 10. The van der Waals surface area contributed by atoms with E-state index in [4.69, 9.17) is 33.9 Å². The first-order valence-corrected chi connectivity index (χ1v) is 17.3. The highest BCUT2D eigenvalue weighted by Gasteiger charge is 2.47. The summed E-state index contributed by atoms with van der Waals surface area (Å²) in [6, 6.07) is 2.32. The molecule has 0 bridgehead atoms. The lowest BCUT2D eigenvalue weighted by Gasteiger charge is -2.31. The number of aromatic amines is 1. The number of nitrogens with zero attached hydrogens (tertiary/aromatic N) is 6. The van der Waals surface area contributed by atoms with E-state index < -0.39 is 5.82 Å². The Balaban J connectivity index is 1.28. The second-order valence-electron chi connectivity index (χ2n) is 13.8. The third-order valence-corrected chi connectivity index (χ3v) is 10.8. The van der Waals surface area contributed by atoms with Gasteiger partial charge >= 0.3 is 6.01 Å². The van der Waals surface area contributed by atoms with Crippen molar-refractivity contribution in [1.29, 1.82) is 0 Å². The zero-order valence-electron chi connectivity index (χ0n) is 28.1. The maximum absolute atomic E-state index is 17.4. The van der Waals surface area contributed by atoms with Crippen LogP contribution < -0.4 is 14.4 Å². The molecule has 3 fully saturated rings.